The molecule has 12 heavy (non-hydrogen) atoms. The zero-order valence-electron chi connectivity index (χ0n) is 6.78. The van der Waals surface area contributed by atoms with E-state index in [1.54, 1.807) is 6.19 Å². The lowest BCUT2D eigenvalue weighted by Crippen LogP contribution is -2.20. The topological polar surface area (TPSA) is 81.4 Å². The Labute approximate surface area is 70.2 Å². The number of carboxylic acid groups (broad SMARTS) is 1. The minimum Gasteiger partial charge on any atom is -0.481 e. The molecule has 0 radical (unpaired) electrons. The maximum Gasteiger partial charge on any atom is 0.303 e. The molecule has 0 aliphatic carbocycles. The monoisotopic (exact) mass is 170 g/mol. The molecule has 5 heteroatoms. The van der Waals surface area contributed by atoms with Gasteiger partial charge in [0, 0.05) is 19.9 Å². The summed E-state index contributed by atoms with van der Waals surface area (Å²) in [5, 5.41) is 16.5. The number of carbonyl (C=O) groups excluding carboxylic acids is 1. The van der Waals surface area contributed by atoms with Crippen LogP contribution in [0.2, 0.25) is 0 Å². The smallest absolute Gasteiger partial charge is 0.303 e. The molecule has 0 fully saturated rings. The largest absolute Gasteiger partial charge is 0.481 e. The van der Waals surface area contributed by atoms with Crippen molar-refractivity contribution in [2.45, 2.75) is 19.3 Å². The highest BCUT2D eigenvalue weighted by Gasteiger charge is 2.07. The van der Waals surface area contributed by atoms with E-state index in [2.05, 4.69) is 0 Å². The number of amides is 1. The standard InChI is InChI=1S/C7H10N2O3/c1-9(5-8)6(10)3-2-4-7(11)12/h2-4H2,1H3,(H,11,12). The number of rotatable bonds is 4. The van der Waals surface area contributed by atoms with E-state index in [1.807, 2.05) is 0 Å². The van der Waals surface area contributed by atoms with Gasteiger partial charge in [0.1, 0.15) is 0 Å². The van der Waals surface area contributed by atoms with Crippen LogP contribution in [-0.4, -0.2) is 28.9 Å². The third kappa shape index (κ3) is 4.28. The molecule has 0 rings (SSSR count). The molecular formula is C7H10N2O3. The molecular weight excluding hydrogens is 160 g/mol. The van der Waals surface area contributed by atoms with Gasteiger partial charge in [0.05, 0.1) is 0 Å². The number of aliphatic carboxylic acids is 1. The van der Waals surface area contributed by atoms with Crippen LogP contribution in [0.1, 0.15) is 19.3 Å². The fraction of sp³-hybridized carbons (Fsp3) is 0.571. The fourth-order valence-corrected chi connectivity index (χ4v) is 0.614. The lowest BCUT2D eigenvalue weighted by molar-refractivity contribution is -0.137. The van der Waals surface area contributed by atoms with Gasteiger partial charge in [-0.15, -0.1) is 0 Å². The van der Waals surface area contributed by atoms with E-state index in [1.165, 1.54) is 7.05 Å². The van der Waals surface area contributed by atoms with E-state index < -0.39 is 5.97 Å². The van der Waals surface area contributed by atoms with Crippen molar-refractivity contribution in [2.75, 3.05) is 7.05 Å². The van der Waals surface area contributed by atoms with Gasteiger partial charge in [-0.3, -0.25) is 14.5 Å². The molecule has 0 atom stereocenters. The van der Waals surface area contributed by atoms with Crippen LogP contribution in [0.15, 0.2) is 0 Å². The molecule has 0 saturated heterocycles. The number of carboxylic acids is 1. The fourth-order valence-electron chi connectivity index (χ4n) is 0.614. The van der Waals surface area contributed by atoms with Crippen molar-refractivity contribution in [1.29, 1.82) is 5.26 Å². The van der Waals surface area contributed by atoms with Gasteiger partial charge in [0.15, 0.2) is 6.19 Å². The first kappa shape index (κ1) is 10.4. The van der Waals surface area contributed by atoms with Crippen LogP contribution in [0.4, 0.5) is 0 Å². The Morgan fingerprint density at radius 1 is 1.50 bits per heavy atom. The second-order valence-corrected chi connectivity index (χ2v) is 2.30. The summed E-state index contributed by atoms with van der Waals surface area (Å²) in [5.74, 6) is -1.28. The Balaban J connectivity index is 3.59. The third-order valence-electron chi connectivity index (χ3n) is 1.31. The van der Waals surface area contributed by atoms with Crippen LogP contribution in [0.5, 0.6) is 0 Å². The van der Waals surface area contributed by atoms with Gasteiger partial charge in [0.2, 0.25) is 5.91 Å². The van der Waals surface area contributed by atoms with Crippen molar-refractivity contribution in [1.82, 2.24) is 4.90 Å². The molecule has 5 nitrogen and oxygen atoms in total. The van der Waals surface area contributed by atoms with Crippen molar-refractivity contribution in [2.24, 2.45) is 0 Å². The lowest BCUT2D eigenvalue weighted by atomic mass is 10.2. The molecule has 0 aliphatic rings. The van der Waals surface area contributed by atoms with Crippen molar-refractivity contribution in [3.05, 3.63) is 0 Å². The van der Waals surface area contributed by atoms with Crippen LogP contribution < -0.4 is 0 Å². The Morgan fingerprint density at radius 3 is 2.50 bits per heavy atom. The Morgan fingerprint density at radius 2 is 2.08 bits per heavy atom. The normalized spacial score (nSPS) is 8.67. The van der Waals surface area contributed by atoms with E-state index >= 15 is 0 Å². The van der Waals surface area contributed by atoms with E-state index in [9.17, 15) is 9.59 Å². The first-order valence-corrected chi connectivity index (χ1v) is 3.46. The van der Waals surface area contributed by atoms with Gasteiger partial charge in [0.25, 0.3) is 0 Å². The van der Waals surface area contributed by atoms with Crippen LogP contribution in [0.25, 0.3) is 0 Å². The van der Waals surface area contributed by atoms with Gasteiger partial charge in [-0.05, 0) is 6.42 Å². The van der Waals surface area contributed by atoms with Crippen LogP contribution in [0, 0.1) is 11.5 Å². The van der Waals surface area contributed by atoms with Crippen LogP contribution in [0.3, 0.4) is 0 Å². The number of carbonyl (C=O) groups is 2. The summed E-state index contributed by atoms with van der Waals surface area (Å²) in [7, 11) is 1.35. The zero-order chi connectivity index (χ0) is 9.56. The first-order chi connectivity index (χ1) is 5.57. The lowest BCUT2D eigenvalue weighted by Gasteiger charge is -2.04. The summed E-state index contributed by atoms with van der Waals surface area (Å²) >= 11 is 0. The minimum absolute atomic E-state index is 0.0367. The van der Waals surface area contributed by atoms with Crippen molar-refractivity contribution in [3.63, 3.8) is 0 Å². The van der Waals surface area contributed by atoms with Gasteiger partial charge in [-0.25, -0.2) is 0 Å². The van der Waals surface area contributed by atoms with Gasteiger partial charge in [-0.1, -0.05) is 0 Å². The minimum atomic E-state index is -0.928. The summed E-state index contributed by atoms with van der Waals surface area (Å²) in [6.07, 6.45) is 1.99. The van der Waals surface area contributed by atoms with Crippen molar-refractivity contribution >= 4 is 11.9 Å². The quantitative estimate of drug-likeness (QED) is 0.482. The molecule has 0 bridgehead atoms. The van der Waals surface area contributed by atoms with Crippen LogP contribution >= 0.6 is 0 Å². The molecule has 0 aromatic carbocycles. The predicted octanol–water partition coefficient (Wildman–Crippen LogP) is 0.181. The number of hydrogen-bond donors (Lipinski definition) is 1. The molecule has 66 valence electrons. The number of nitrogens with zero attached hydrogens (tertiary/aromatic N) is 2. The van der Waals surface area contributed by atoms with Crippen molar-refractivity contribution in [3.8, 4) is 6.19 Å². The highest BCUT2D eigenvalue weighted by molar-refractivity contribution is 5.78. The molecule has 1 N–H and O–H groups in total. The second-order valence-electron chi connectivity index (χ2n) is 2.30. The molecule has 0 heterocycles. The zero-order valence-corrected chi connectivity index (χ0v) is 6.78. The SMILES string of the molecule is CN(C#N)C(=O)CCCC(=O)O. The van der Waals surface area contributed by atoms with Crippen molar-refractivity contribution < 1.29 is 14.7 Å². The average molecular weight is 170 g/mol. The summed E-state index contributed by atoms with van der Waals surface area (Å²) in [6, 6.07) is 0. The molecule has 1 amide bonds. The molecule has 0 aromatic rings. The predicted molar refractivity (Wildman–Crippen MR) is 39.9 cm³/mol. The average Bonchev–Trinajstić information content (AvgIpc) is 2.02. The Kier molecular flexibility index (Phi) is 4.46. The van der Waals surface area contributed by atoms with E-state index in [4.69, 9.17) is 10.4 Å². The van der Waals surface area contributed by atoms with Gasteiger partial charge < -0.3 is 5.11 Å². The van der Waals surface area contributed by atoms with Crippen LogP contribution in [-0.2, 0) is 9.59 Å². The van der Waals surface area contributed by atoms with Gasteiger partial charge in [-0.2, -0.15) is 5.26 Å². The van der Waals surface area contributed by atoms with E-state index in [-0.39, 0.29) is 25.2 Å². The molecule has 0 spiro atoms. The highest BCUT2D eigenvalue weighted by atomic mass is 16.4. The summed E-state index contributed by atoms with van der Waals surface area (Å²) < 4.78 is 0. The highest BCUT2D eigenvalue weighted by Crippen LogP contribution is 1.98. The molecule has 0 unspecified atom stereocenters. The first-order valence-electron chi connectivity index (χ1n) is 3.46. The van der Waals surface area contributed by atoms with E-state index in [0.717, 1.165) is 4.90 Å². The molecule has 0 saturated carbocycles. The summed E-state index contributed by atoms with van der Waals surface area (Å²) in [5.41, 5.74) is 0. The number of hydrogen-bond acceptors (Lipinski definition) is 3. The summed E-state index contributed by atoms with van der Waals surface area (Å²) in [4.78, 5) is 21.8. The Bertz CT molecular complexity index is 219. The van der Waals surface area contributed by atoms with E-state index in [0.29, 0.717) is 0 Å². The third-order valence-corrected chi connectivity index (χ3v) is 1.31. The molecule has 0 aliphatic heterocycles. The maximum absolute atomic E-state index is 10.9. The Hall–Kier alpha value is -1.57. The van der Waals surface area contributed by atoms with Gasteiger partial charge >= 0.3 is 5.97 Å². The maximum atomic E-state index is 10.9. The second kappa shape index (κ2) is 5.13. The molecule has 0 aromatic heterocycles. The number of nitriles is 1. The summed E-state index contributed by atoms with van der Waals surface area (Å²) in [6.45, 7) is 0.